The molecule has 1 unspecified atom stereocenters. The van der Waals surface area contributed by atoms with Gasteiger partial charge in [0.2, 0.25) is 0 Å². The van der Waals surface area contributed by atoms with Crippen LogP contribution >= 0.6 is 0 Å². The zero-order valence-corrected chi connectivity index (χ0v) is 18.9. The first kappa shape index (κ1) is 22.5. The van der Waals surface area contributed by atoms with Gasteiger partial charge in [0.25, 0.3) is 5.91 Å². The van der Waals surface area contributed by atoms with Gasteiger partial charge in [-0.05, 0) is 46.7 Å². The zero-order valence-electron chi connectivity index (χ0n) is 18.9. The number of aromatic nitrogens is 1. The van der Waals surface area contributed by atoms with Crippen molar-refractivity contribution in [1.82, 2.24) is 9.88 Å². The normalized spacial score (nSPS) is 16.0. The Kier molecular flexibility index (Phi) is 6.68. The summed E-state index contributed by atoms with van der Waals surface area (Å²) in [7, 11) is 0. The van der Waals surface area contributed by atoms with Gasteiger partial charge in [-0.3, -0.25) is 14.6 Å². The third kappa shape index (κ3) is 4.87. The lowest BCUT2D eigenvalue weighted by Gasteiger charge is -2.27. The molecule has 0 saturated heterocycles. The maximum atomic E-state index is 13.3. The fourth-order valence-corrected chi connectivity index (χ4v) is 4.23. The van der Waals surface area contributed by atoms with Crippen molar-refractivity contribution in [1.29, 1.82) is 0 Å². The second kappa shape index (κ2) is 9.82. The number of hydrogen-bond acceptors (Lipinski definition) is 4. The molecule has 2 heterocycles. The molecule has 1 amide bonds. The molecular formula is C28H28N2O3. The molecule has 1 aliphatic heterocycles. The van der Waals surface area contributed by atoms with E-state index in [9.17, 15) is 14.7 Å². The van der Waals surface area contributed by atoms with E-state index in [1.165, 1.54) is 5.56 Å². The summed E-state index contributed by atoms with van der Waals surface area (Å²) in [5.74, 6) is -0.805. The zero-order chi connectivity index (χ0) is 23.4. The summed E-state index contributed by atoms with van der Waals surface area (Å²) in [6, 6.07) is 20.7. The number of carbonyl (C=O) groups is 2. The monoisotopic (exact) mass is 440 g/mol. The first-order valence-electron chi connectivity index (χ1n) is 11.3. The van der Waals surface area contributed by atoms with Gasteiger partial charge in [0, 0.05) is 25.4 Å². The molecule has 0 bridgehead atoms. The Hall–Kier alpha value is -3.73. The lowest BCUT2D eigenvalue weighted by atomic mass is 9.91. The standard InChI is InChI=1S/C28H28N2O3/c1-19(2)22-9-11-23(12-10-22)26-25(24(31)13-8-20-6-4-3-5-7-20)27(32)28(33)30(26)18-21-14-16-29-17-15-21/h3-7,9-12,14-17,19,26,32H,8,13,18H2,1-2H3. The fraction of sp³-hybridized carbons (Fsp3) is 0.250. The van der Waals surface area contributed by atoms with E-state index in [0.29, 0.717) is 12.3 Å². The molecule has 5 heteroatoms. The SMILES string of the molecule is CC(C)c1ccc(C2C(C(=O)CCc3ccccc3)=C(O)C(=O)N2Cc2ccncc2)cc1. The minimum Gasteiger partial charge on any atom is -0.503 e. The molecular weight excluding hydrogens is 412 g/mol. The highest BCUT2D eigenvalue weighted by Gasteiger charge is 2.43. The summed E-state index contributed by atoms with van der Waals surface area (Å²) in [6.45, 7) is 4.51. The fourth-order valence-electron chi connectivity index (χ4n) is 4.23. The van der Waals surface area contributed by atoms with Gasteiger partial charge in [-0.1, -0.05) is 68.4 Å². The van der Waals surface area contributed by atoms with E-state index < -0.39 is 17.7 Å². The predicted molar refractivity (Wildman–Crippen MR) is 127 cm³/mol. The second-order valence-corrected chi connectivity index (χ2v) is 8.68. The minimum absolute atomic E-state index is 0.183. The summed E-state index contributed by atoms with van der Waals surface area (Å²) < 4.78 is 0. The van der Waals surface area contributed by atoms with Gasteiger partial charge < -0.3 is 10.0 Å². The van der Waals surface area contributed by atoms with E-state index in [2.05, 4.69) is 18.8 Å². The third-order valence-electron chi connectivity index (χ3n) is 6.11. The molecule has 1 aliphatic rings. The largest absolute Gasteiger partial charge is 0.503 e. The Balaban J connectivity index is 1.67. The molecule has 0 aliphatic carbocycles. The number of pyridine rings is 1. The first-order chi connectivity index (χ1) is 16.0. The van der Waals surface area contributed by atoms with Crippen LogP contribution in [-0.2, 0) is 22.6 Å². The van der Waals surface area contributed by atoms with Crippen LogP contribution in [0.1, 0.15) is 54.5 Å². The molecule has 0 saturated carbocycles. The molecule has 3 aromatic rings. The number of aliphatic hydroxyl groups is 1. The van der Waals surface area contributed by atoms with Crippen molar-refractivity contribution >= 4 is 11.7 Å². The van der Waals surface area contributed by atoms with Gasteiger partial charge >= 0.3 is 0 Å². The van der Waals surface area contributed by atoms with Crippen molar-refractivity contribution in [3.05, 3.63) is 113 Å². The van der Waals surface area contributed by atoms with Gasteiger partial charge in [-0.2, -0.15) is 0 Å². The molecule has 0 radical (unpaired) electrons. The van der Waals surface area contributed by atoms with Crippen LogP contribution in [0.15, 0.2) is 90.5 Å². The Morgan fingerprint density at radius 3 is 2.27 bits per heavy atom. The average Bonchev–Trinajstić information content (AvgIpc) is 3.09. The van der Waals surface area contributed by atoms with E-state index in [4.69, 9.17) is 0 Å². The van der Waals surface area contributed by atoms with Gasteiger partial charge in [0.15, 0.2) is 11.5 Å². The van der Waals surface area contributed by atoms with Crippen LogP contribution in [0.4, 0.5) is 0 Å². The lowest BCUT2D eigenvalue weighted by Crippen LogP contribution is -2.30. The topological polar surface area (TPSA) is 70.5 Å². The third-order valence-corrected chi connectivity index (χ3v) is 6.11. The molecule has 168 valence electrons. The van der Waals surface area contributed by atoms with Gasteiger partial charge in [0.1, 0.15) is 0 Å². The van der Waals surface area contributed by atoms with Crippen molar-refractivity contribution in [2.75, 3.05) is 0 Å². The van der Waals surface area contributed by atoms with Gasteiger partial charge in [0.05, 0.1) is 11.6 Å². The number of rotatable bonds is 8. The number of ketones is 1. The maximum absolute atomic E-state index is 13.3. The summed E-state index contributed by atoms with van der Waals surface area (Å²) in [6.07, 6.45) is 4.11. The van der Waals surface area contributed by atoms with Crippen molar-refractivity contribution < 1.29 is 14.7 Å². The molecule has 0 fully saturated rings. The van der Waals surface area contributed by atoms with Crippen molar-refractivity contribution in [2.45, 2.75) is 45.2 Å². The molecule has 33 heavy (non-hydrogen) atoms. The lowest BCUT2D eigenvalue weighted by molar-refractivity contribution is -0.130. The van der Waals surface area contributed by atoms with E-state index >= 15 is 0 Å². The van der Waals surface area contributed by atoms with Crippen LogP contribution < -0.4 is 0 Å². The van der Waals surface area contributed by atoms with Crippen LogP contribution in [-0.4, -0.2) is 26.7 Å². The van der Waals surface area contributed by atoms with Crippen molar-refractivity contribution in [3.8, 4) is 0 Å². The number of carbonyl (C=O) groups excluding carboxylic acids is 2. The average molecular weight is 441 g/mol. The Morgan fingerprint density at radius 1 is 0.970 bits per heavy atom. The summed E-state index contributed by atoms with van der Waals surface area (Å²) >= 11 is 0. The molecule has 1 atom stereocenters. The Morgan fingerprint density at radius 2 is 1.64 bits per heavy atom. The summed E-state index contributed by atoms with van der Waals surface area (Å²) in [5, 5.41) is 10.8. The van der Waals surface area contributed by atoms with Crippen LogP contribution in [0.2, 0.25) is 0 Å². The highest BCUT2D eigenvalue weighted by molar-refractivity contribution is 6.09. The number of amides is 1. The minimum atomic E-state index is -0.629. The Bertz CT molecular complexity index is 1150. The molecule has 5 nitrogen and oxygen atoms in total. The second-order valence-electron chi connectivity index (χ2n) is 8.68. The smallest absolute Gasteiger partial charge is 0.290 e. The van der Waals surface area contributed by atoms with Crippen LogP contribution in [0.5, 0.6) is 0 Å². The highest BCUT2D eigenvalue weighted by Crippen LogP contribution is 2.39. The first-order valence-corrected chi connectivity index (χ1v) is 11.3. The van der Waals surface area contributed by atoms with Crippen LogP contribution in [0.25, 0.3) is 0 Å². The molecule has 1 aromatic heterocycles. The summed E-state index contributed by atoms with van der Waals surface area (Å²) in [4.78, 5) is 32.0. The number of aryl methyl sites for hydroxylation is 1. The van der Waals surface area contributed by atoms with Crippen LogP contribution in [0.3, 0.4) is 0 Å². The van der Waals surface area contributed by atoms with Crippen molar-refractivity contribution in [2.24, 2.45) is 0 Å². The molecule has 0 spiro atoms. The van der Waals surface area contributed by atoms with Crippen LogP contribution in [0, 0.1) is 0 Å². The van der Waals surface area contributed by atoms with Gasteiger partial charge in [-0.15, -0.1) is 0 Å². The Labute approximate surface area is 194 Å². The molecule has 1 N–H and O–H groups in total. The number of benzene rings is 2. The number of nitrogens with zero attached hydrogens (tertiary/aromatic N) is 2. The number of hydrogen-bond donors (Lipinski definition) is 1. The van der Waals surface area contributed by atoms with E-state index in [0.717, 1.165) is 16.7 Å². The molecule has 4 rings (SSSR count). The quantitative estimate of drug-likeness (QED) is 0.516. The molecule has 2 aromatic carbocycles. The van der Waals surface area contributed by atoms with E-state index in [1.807, 2.05) is 66.7 Å². The highest BCUT2D eigenvalue weighted by atomic mass is 16.3. The maximum Gasteiger partial charge on any atom is 0.290 e. The summed E-state index contributed by atoms with van der Waals surface area (Å²) in [5.41, 5.74) is 4.10. The van der Waals surface area contributed by atoms with Crippen molar-refractivity contribution in [3.63, 3.8) is 0 Å². The number of aliphatic hydroxyl groups excluding tert-OH is 1. The van der Waals surface area contributed by atoms with E-state index in [1.54, 1.807) is 17.3 Å². The predicted octanol–water partition coefficient (Wildman–Crippen LogP) is 5.30. The van der Waals surface area contributed by atoms with Gasteiger partial charge in [-0.25, -0.2) is 0 Å². The van der Waals surface area contributed by atoms with E-state index in [-0.39, 0.29) is 24.3 Å². The number of Topliss-reactive ketones (excluding diaryl/α,β-unsaturated/α-hetero) is 1.